The highest BCUT2D eigenvalue weighted by Gasteiger charge is 2.30. The fourth-order valence-electron chi connectivity index (χ4n) is 1.13. The predicted molar refractivity (Wildman–Crippen MR) is 56.9 cm³/mol. The summed E-state index contributed by atoms with van der Waals surface area (Å²) in [4.78, 5) is 26.2. The number of hydrogen-bond acceptors (Lipinski definition) is 5. The van der Waals surface area contributed by atoms with E-state index in [0.29, 0.717) is 11.7 Å². The van der Waals surface area contributed by atoms with Crippen molar-refractivity contribution in [2.75, 3.05) is 0 Å². The summed E-state index contributed by atoms with van der Waals surface area (Å²) in [5.41, 5.74) is -1.09. The van der Waals surface area contributed by atoms with Crippen molar-refractivity contribution in [3.05, 3.63) is 11.7 Å². The van der Waals surface area contributed by atoms with Gasteiger partial charge in [0.05, 0.1) is 12.0 Å². The third kappa shape index (κ3) is 3.86. The lowest BCUT2D eigenvalue weighted by atomic mass is 9.89. The molecule has 17 heavy (non-hydrogen) atoms. The maximum absolute atomic E-state index is 11.5. The van der Waals surface area contributed by atoms with Crippen molar-refractivity contribution < 1.29 is 19.2 Å². The zero-order chi connectivity index (χ0) is 13.1. The number of carboxylic acid groups (broad SMARTS) is 1. The molecule has 2 N–H and O–H groups in total. The Balaban J connectivity index is 2.43. The molecule has 7 heteroatoms. The molecule has 0 fully saturated rings. The second kappa shape index (κ2) is 4.94. The number of aryl methyl sites for hydroxylation is 1. The van der Waals surface area contributed by atoms with Crippen molar-refractivity contribution in [3.8, 4) is 0 Å². The maximum Gasteiger partial charge on any atom is 0.309 e. The van der Waals surface area contributed by atoms with Crippen LogP contribution in [0.15, 0.2) is 4.52 Å². The molecule has 0 bridgehead atoms. The van der Waals surface area contributed by atoms with Gasteiger partial charge in [-0.1, -0.05) is 5.16 Å². The summed E-state index contributed by atoms with van der Waals surface area (Å²) in [6, 6.07) is 0. The normalized spacial score (nSPS) is 11.2. The first-order valence-electron chi connectivity index (χ1n) is 5.10. The standard InChI is InChI=1S/C10H15N3O4/c1-6-12-7(13-17-6)5-11-8(14)4-10(2,3)9(15)16/h4-5H2,1-3H3,(H,11,14)(H,15,16). The molecule has 0 aliphatic carbocycles. The lowest BCUT2D eigenvalue weighted by molar-refractivity contribution is -0.149. The first-order valence-corrected chi connectivity index (χ1v) is 5.10. The van der Waals surface area contributed by atoms with Crippen LogP contribution in [0, 0.1) is 12.3 Å². The van der Waals surface area contributed by atoms with Crippen LogP contribution in [0.4, 0.5) is 0 Å². The number of carbonyl (C=O) groups is 2. The van der Waals surface area contributed by atoms with Gasteiger partial charge in [0, 0.05) is 13.3 Å². The first-order chi connectivity index (χ1) is 7.81. The van der Waals surface area contributed by atoms with Crippen LogP contribution in [-0.4, -0.2) is 27.1 Å². The highest BCUT2D eigenvalue weighted by molar-refractivity contribution is 5.84. The third-order valence-corrected chi connectivity index (χ3v) is 2.19. The average molecular weight is 241 g/mol. The Kier molecular flexibility index (Phi) is 3.82. The molecule has 1 aromatic heterocycles. The zero-order valence-corrected chi connectivity index (χ0v) is 9.98. The summed E-state index contributed by atoms with van der Waals surface area (Å²) in [5.74, 6) is -0.591. The van der Waals surface area contributed by atoms with Crippen LogP contribution in [0.1, 0.15) is 32.0 Å². The van der Waals surface area contributed by atoms with Crippen LogP contribution in [-0.2, 0) is 16.1 Å². The topological polar surface area (TPSA) is 105 Å². The van der Waals surface area contributed by atoms with Crippen molar-refractivity contribution in [1.29, 1.82) is 0 Å². The van der Waals surface area contributed by atoms with Gasteiger partial charge in [0.25, 0.3) is 0 Å². The summed E-state index contributed by atoms with van der Waals surface area (Å²) < 4.78 is 4.73. The number of rotatable bonds is 5. The van der Waals surface area contributed by atoms with Crippen molar-refractivity contribution in [2.45, 2.75) is 33.7 Å². The van der Waals surface area contributed by atoms with Crippen LogP contribution in [0.5, 0.6) is 0 Å². The Hall–Kier alpha value is -1.92. The highest BCUT2D eigenvalue weighted by Crippen LogP contribution is 2.19. The molecular weight excluding hydrogens is 226 g/mol. The molecule has 0 aliphatic heterocycles. The van der Waals surface area contributed by atoms with E-state index in [1.807, 2.05) is 0 Å². The van der Waals surface area contributed by atoms with E-state index in [1.54, 1.807) is 6.92 Å². The molecule has 1 amide bonds. The second-order valence-corrected chi connectivity index (χ2v) is 4.37. The van der Waals surface area contributed by atoms with Gasteiger partial charge in [-0.3, -0.25) is 9.59 Å². The number of carboxylic acids is 1. The minimum absolute atomic E-state index is 0.0980. The Morgan fingerprint density at radius 2 is 2.12 bits per heavy atom. The lowest BCUT2D eigenvalue weighted by Crippen LogP contribution is -2.33. The second-order valence-electron chi connectivity index (χ2n) is 4.37. The summed E-state index contributed by atoms with van der Waals surface area (Å²) in [6.45, 7) is 4.76. The molecule has 0 saturated heterocycles. The van der Waals surface area contributed by atoms with Gasteiger partial charge in [-0.05, 0) is 13.8 Å². The number of carbonyl (C=O) groups excluding carboxylic acids is 1. The van der Waals surface area contributed by atoms with Gasteiger partial charge >= 0.3 is 5.97 Å². The van der Waals surface area contributed by atoms with Crippen LogP contribution in [0.3, 0.4) is 0 Å². The van der Waals surface area contributed by atoms with E-state index in [1.165, 1.54) is 13.8 Å². The minimum Gasteiger partial charge on any atom is -0.481 e. The van der Waals surface area contributed by atoms with Gasteiger partial charge in [-0.2, -0.15) is 4.98 Å². The van der Waals surface area contributed by atoms with Crippen molar-refractivity contribution in [3.63, 3.8) is 0 Å². The van der Waals surface area contributed by atoms with E-state index in [2.05, 4.69) is 15.5 Å². The zero-order valence-electron chi connectivity index (χ0n) is 9.98. The quantitative estimate of drug-likeness (QED) is 0.777. The van der Waals surface area contributed by atoms with Crippen molar-refractivity contribution >= 4 is 11.9 Å². The highest BCUT2D eigenvalue weighted by atomic mass is 16.5. The molecular formula is C10H15N3O4. The van der Waals surface area contributed by atoms with Crippen LogP contribution in [0.2, 0.25) is 0 Å². The molecule has 0 atom stereocenters. The van der Waals surface area contributed by atoms with E-state index in [9.17, 15) is 9.59 Å². The number of hydrogen-bond donors (Lipinski definition) is 2. The number of nitrogens with one attached hydrogen (secondary N) is 1. The van der Waals surface area contributed by atoms with E-state index in [4.69, 9.17) is 9.63 Å². The Labute approximate surface area is 98.2 Å². The summed E-state index contributed by atoms with van der Waals surface area (Å²) in [7, 11) is 0. The average Bonchev–Trinajstić information content (AvgIpc) is 2.60. The molecule has 0 aliphatic rings. The van der Waals surface area contributed by atoms with Gasteiger partial charge < -0.3 is 14.9 Å². The number of aliphatic carboxylic acids is 1. The molecule has 0 saturated carbocycles. The molecule has 0 aromatic carbocycles. The summed E-state index contributed by atoms with van der Waals surface area (Å²) >= 11 is 0. The number of nitrogens with zero attached hydrogens (tertiary/aromatic N) is 2. The van der Waals surface area contributed by atoms with Gasteiger partial charge in [0.1, 0.15) is 0 Å². The van der Waals surface area contributed by atoms with E-state index >= 15 is 0 Å². The Morgan fingerprint density at radius 1 is 1.47 bits per heavy atom. The smallest absolute Gasteiger partial charge is 0.309 e. The fraction of sp³-hybridized carbons (Fsp3) is 0.600. The largest absolute Gasteiger partial charge is 0.481 e. The lowest BCUT2D eigenvalue weighted by Gasteiger charge is -2.17. The van der Waals surface area contributed by atoms with Crippen molar-refractivity contribution in [2.24, 2.45) is 5.41 Å². The predicted octanol–water partition coefficient (Wildman–Crippen LogP) is 0.495. The monoisotopic (exact) mass is 241 g/mol. The molecule has 0 unspecified atom stereocenters. The molecule has 7 nitrogen and oxygen atoms in total. The number of aromatic nitrogens is 2. The van der Waals surface area contributed by atoms with Crippen LogP contribution in [0.25, 0.3) is 0 Å². The SMILES string of the molecule is Cc1nc(CNC(=O)CC(C)(C)C(=O)O)no1. The Bertz CT molecular complexity index is 425. The molecule has 1 rings (SSSR count). The molecule has 0 radical (unpaired) electrons. The summed E-state index contributed by atoms with van der Waals surface area (Å²) in [6.07, 6.45) is -0.0980. The van der Waals surface area contributed by atoms with E-state index < -0.39 is 11.4 Å². The van der Waals surface area contributed by atoms with E-state index in [-0.39, 0.29) is 18.9 Å². The molecule has 1 aromatic rings. The minimum atomic E-state index is -1.09. The molecule has 1 heterocycles. The van der Waals surface area contributed by atoms with E-state index in [0.717, 1.165) is 0 Å². The van der Waals surface area contributed by atoms with Gasteiger partial charge in [0.2, 0.25) is 11.8 Å². The molecule has 94 valence electrons. The third-order valence-electron chi connectivity index (χ3n) is 2.19. The van der Waals surface area contributed by atoms with Crippen LogP contribution < -0.4 is 5.32 Å². The van der Waals surface area contributed by atoms with Crippen LogP contribution >= 0.6 is 0 Å². The first kappa shape index (κ1) is 13.1. The van der Waals surface area contributed by atoms with Crippen molar-refractivity contribution in [1.82, 2.24) is 15.5 Å². The Morgan fingerprint density at radius 3 is 2.59 bits per heavy atom. The number of amides is 1. The van der Waals surface area contributed by atoms with Gasteiger partial charge in [0.15, 0.2) is 5.82 Å². The molecule has 0 spiro atoms. The summed E-state index contributed by atoms with van der Waals surface area (Å²) in [5, 5.41) is 15.0. The maximum atomic E-state index is 11.5. The van der Waals surface area contributed by atoms with Gasteiger partial charge in [-0.25, -0.2) is 0 Å². The fourth-order valence-corrected chi connectivity index (χ4v) is 1.13. The van der Waals surface area contributed by atoms with Gasteiger partial charge in [-0.15, -0.1) is 0 Å².